The number of aromatic nitrogens is 2. The van der Waals surface area contributed by atoms with Crippen LogP contribution >= 0.6 is 0 Å². The number of carbonyl (C=O) groups excluding carboxylic acids is 1. The van der Waals surface area contributed by atoms with Crippen LogP contribution in [-0.2, 0) is 5.54 Å². The van der Waals surface area contributed by atoms with E-state index >= 15 is 0 Å². The van der Waals surface area contributed by atoms with Gasteiger partial charge in [0.15, 0.2) is 0 Å². The molecule has 0 saturated carbocycles. The molecule has 5 heteroatoms. The highest BCUT2D eigenvalue weighted by Crippen LogP contribution is 2.28. The molecule has 0 spiro atoms. The zero-order valence-corrected chi connectivity index (χ0v) is 16.8. The van der Waals surface area contributed by atoms with Gasteiger partial charge in [-0.25, -0.2) is 4.98 Å². The van der Waals surface area contributed by atoms with Crippen molar-refractivity contribution in [1.29, 1.82) is 0 Å². The van der Waals surface area contributed by atoms with Gasteiger partial charge >= 0.3 is 0 Å². The van der Waals surface area contributed by atoms with Crippen molar-refractivity contribution in [1.82, 2.24) is 14.9 Å². The second-order valence-corrected chi connectivity index (χ2v) is 7.90. The van der Waals surface area contributed by atoms with Crippen LogP contribution in [0.1, 0.15) is 50.0 Å². The first-order chi connectivity index (χ1) is 12.8. The van der Waals surface area contributed by atoms with Gasteiger partial charge in [0.2, 0.25) is 0 Å². The fourth-order valence-corrected chi connectivity index (χ4v) is 2.98. The van der Waals surface area contributed by atoms with Crippen LogP contribution in [0.25, 0.3) is 11.0 Å². The van der Waals surface area contributed by atoms with E-state index < -0.39 is 0 Å². The Kier molecular flexibility index (Phi) is 5.22. The van der Waals surface area contributed by atoms with Gasteiger partial charge in [0, 0.05) is 29.4 Å². The fourth-order valence-electron chi connectivity index (χ4n) is 2.98. The quantitative estimate of drug-likeness (QED) is 0.671. The van der Waals surface area contributed by atoms with Gasteiger partial charge in [-0.15, -0.1) is 0 Å². The van der Waals surface area contributed by atoms with Crippen LogP contribution < -0.4 is 10.6 Å². The second-order valence-electron chi connectivity index (χ2n) is 7.90. The largest absolute Gasteiger partial charge is 0.352 e. The highest BCUT2D eigenvalue weighted by Gasteiger charge is 2.22. The van der Waals surface area contributed by atoms with Crippen molar-refractivity contribution < 1.29 is 4.79 Å². The fraction of sp³-hybridized carbons (Fsp3) is 0.364. The minimum atomic E-state index is -0.184. The highest BCUT2D eigenvalue weighted by molar-refractivity contribution is 6.06. The number of amides is 1. The van der Waals surface area contributed by atoms with Gasteiger partial charge in [0.25, 0.3) is 5.91 Å². The van der Waals surface area contributed by atoms with Crippen molar-refractivity contribution in [3.8, 4) is 0 Å². The van der Waals surface area contributed by atoms with Gasteiger partial charge in [0.1, 0.15) is 11.5 Å². The number of aryl methyl sites for hydroxylation is 1. The minimum Gasteiger partial charge on any atom is -0.352 e. The van der Waals surface area contributed by atoms with E-state index in [-0.39, 0.29) is 11.4 Å². The third kappa shape index (κ3) is 4.13. The Hall–Kier alpha value is -2.82. The van der Waals surface area contributed by atoms with Crippen molar-refractivity contribution in [3.05, 3.63) is 53.7 Å². The van der Waals surface area contributed by atoms with Crippen LogP contribution in [0.4, 0.5) is 11.5 Å². The molecule has 2 N–H and O–H groups in total. The van der Waals surface area contributed by atoms with Gasteiger partial charge < -0.3 is 15.2 Å². The molecule has 0 bridgehead atoms. The molecule has 27 heavy (non-hydrogen) atoms. The summed E-state index contributed by atoms with van der Waals surface area (Å²) in [6, 6.07) is 12.1. The Bertz CT molecular complexity index is 949. The Balaban J connectivity index is 2.03. The molecule has 0 aliphatic carbocycles. The van der Waals surface area contributed by atoms with E-state index in [9.17, 15) is 4.79 Å². The van der Waals surface area contributed by atoms with Crippen LogP contribution in [0.15, 0.2) is 42.6 Å². The summed E-state index contributed by atoms with van der Waals surface area (Å²) in [4.78, 5) is 17.4. The zero-order chi connectivity index (χ0) is 19.6. The van der Waals surface area contributed by atoms with Crippen molar-refractivity contribution in [2.75, 3.05) is 11.9 Å². The summed E-state index contributed by atoms with van der Waals surface area (Å²) in [7, 11) is 0. The van der Waals surface area contributed by atoms with E-state index in [0.29, 0.717) is 12.1 Å². The van der Waals surface area contributed by atoms with Gasteiger partial charge in [-0.2, -0.15) is 0 Å². The molecule has 0 atom stereocenters. The van der Waals surface area contributed by atoms with Gasteiger partial charge in [-0.05, 0) is 58.4 Å². The lowest BCUT2D eigenvalue weighted by atomic mass is 10.1. The first-order valence-electron chi connectivity index (χ1n) is 9.44. The van der Waals surface area contributed by atoms with Crippen molar-refractivity contribution >= 4 is 28.4 Å². The molecule has 142 valence electrons. The summed E-state index contributed by atoms with van der Waals surface area (Å²) in [6.07, 6.45) is 2.82. The van der Waals surface area contributed by atoms with E-state index in [1.165, 1.54) is 5.56 Å². The molecule has 0 aliphatic heterocycles. The van der Waals surface area contributed by atoms with Crippen LogP contribution in [0.2, 0.25) is 0 Å². The lowest BCUT2D eigenvalue weighted by Gasteiger charge is -2.22. The number of hydrogen-bond donors (Lipinski definition) is 2. The standard InChI is InChI=1S/C22H28N4O/c1-6-13-23-21(27)18-14-26(22(3,4)5)20-17(18)11-12-19(25-20)24-16-9-7-15(2)8-10-16/h7-12,14H,6,13H2,1-5H3,(H,23,27)(H,24,25). The van der Waals surface area contributed by atoms with E-state index in [2.05, 4.69) is 55.0 Å². The Labute approximate surface area is 160 Å². The average Bonchev–Trinajstić information content (AvgIpc) is 3.01. The number of nitrogens with one attached hydrogen (secondary N) is 2. The second kappa shape index (κ2) is 7.43. The average molecular weight is 364 g/mol. The van der Waals surface area contributed by atoms with Crippen molar-refractivity contribution in [2.24, 2.45) is 0 Å². The van der Waals surface area contributed by atoms with Gasteiger partial charge in [-0.1, -0.05) is 24.6 Å². The number of pyridine rings is 1. The molecule has 1 aromatic carbocycles. The third-order valence-corrected chi connectivity index (χ3v) is 4.48. The van der Waals surface area contributed by atoms with Crippen molar-refractivity contribution in [2.45, 2.75) is 46.6 Å². The lowest BCUT2D eigenvalue weighted by Crippen LogP contribution is -2.24. The molecule has 0 aliphatic rings. The Morgan fingerprint density at radius 1 is 1.11 bits per heavy atom. The monoisotopic (exact) mass is 364 g/mol. The SMILES string of the molecule is CCCNC(=O)c1cn(C(C)(C)C)c2nc(Nc3ccc(C)cc3)ccc12. The van der Waals surface area contributed by atoms with E-state index in [1.54, 1.807) is 0 Å². The number of benzene rings is 1. The maximum absolute atomic E-state index is 12.6. The van der Waals surface area contributed by atoms with Gasteiger partial charge in [0.05, 0.1) is 5.56 Å². The molecule has 5 nitrogen and oxygen atoms in total. The highest BCUT2D eigenvalue weighted by atomic mass is 16.1. The van der Waals surface area contributed by atoms with Crippen molar-refractivity contribution in [3.63, 3.8) is 0 Å². The molecule has 0 radical (unpaired) electrons. The van der Waals surface area contributed by atoms with E-state index in [1.807, 2.05) is 37.4 Å². The molecule has 0 saturated heterocycles. The number of carbonyl (C=O) groups is 1. The predicted molar refractivity (Wildman–Crippen MR) is 112 cm³/mol. The summed E-state index contributed by atoms with van der Waals surface area (Å²) < 4.78 is 2.07. The number of fused-ring (bicyclic) bond motifs is 1. The molecule has 3 aromatic rings. The summed E-state index contributed by atoms with van der Waals surface area (Å²) in [6.45, 7) is 11.1. The predicted octanol–water partition coefficient (Wildman–Crippen LogP) is 4.98. The molecule has 0 fully saturated rings. The van der Waals surface area contributed by atoms with Crippen LogP contribution in [0.5, 0.6) is 0 Å². The van der Waals surface area contributed by atoms with Crippen LogP contribution in [-0.4, -0.2) is 22.0 Å². The summed E-state index contributed by atoms with van der Waals surface area (Å²) >= 11 is 0. The molecule has 2 heterocycles. The summed E-state index contributed by atoms with van der Waals surface area (Å²) in [5, 5.41) is 7.19. The third-order valence-electron chi connectivity index (χ3n) is 4.48. The van der Waals surface area contributed by atoms with Gasteiger partial charge in [-0.3, -0.25) is 4.79 Å². The Morgan fingerprint density at radius 3 is 2.44 bits per heavy atom. The van der Waals surface area contributed by atoms with E-state index in [0.717, 1.165) is 29.0 Å². The lowest BCUT2D eigenvalue weighted by molar-refractivity contribution is 0.0955. The zero-order valence-electron chi connectivity index (χ0n) is 16.8. The number of anilines is 2. The maximum atomic E-state index is 12.6. The molecule has 3 rings (SSSR count). The van der Waals surface area contributed by atoms with Crippen LogP contribution in [0, 0.1) is 6.92 Å². The Morgan fingerprint density at radius 2 is 1.81 bits per heavy atom. The maximum Gasteiger partial charge on any atom is 0.253 e. The molecular formula is C22H28N4O. The summed E-state index contributed by atoms with van der Waals surface area (Å²) in [5.74, 6) is 0.710. The number of nitrogens with zero attached hydrogens (tertiary/aromatic N) is 2. The normalized spacial score (nSPS) is 11.6. The molecule has 2 aromatic heterocycles. The molecule has 1 amide bonds. The topological polar surface area (TPSA) is 59.0 Å². The van der Waals surface area contributed by atoms with E-state index in [4.69, 9.17) is 4.98 Å². The smallest absolute Gasteiger partial charge is 0.253 e. The first kappa shape index (κ1) is 19.0. The first-order valence-corrected chi connectivity index (χ1v) is 9.44. The van der Waals surface area contributed by atoms with Crippen LogP contribution in [0.3, 0.4) is 0 Å². The molecular weight excluding hydrogens is 336 g/mol. The number of hydrogen-bond acceptors (Lipinski definition) is 3. The number of rotatable bonds is 5. The summed E-state index contributed by atoms with van der Waals surface area (Å²) in [5.41, 5.74) is 3.50. The molecule has 0 unspecified atom stereocenters. The minimum absolute atomic E-state index is 0.0501.